The first kappa shape index (κ1) is 23.0. The summed E-state index contributed by atoms with van der Waals surface area (Å²) in [6.45, 7) is 9.39. The van der Waals surface area contributed by atoms with Crippen LogP contribution >= 0.6 is 0 Å². The number of aliphatic hydroxyl groups excluding tert-OH is 3. The molecule has 0 aromatic heterocycles. The van der Waals surface area contributed by atoms with Crippen LogP contribution in [-0.4, -0.2) is 61.3 Å². The van der Waals surface area contributed by atoms with Gasteiger partial charge in [0.2, 0.25) is 0 Å². The quantitative estimate of drug-likeness (QED) is 0.630. The van der Waals surface area contributed by atoms with Crippen molar-refractivity contribution in [3.63, 3.8) is 0 Å². The van der Waals surface area contributed by atoms with Gasteiger partial charge in [-0.25, -0.2) is 0 Å². The number of aliphatic hydroxyl groups is 3. The van der Waals surface area contributed by atoms with E-state index in [9.17, 15) is 0 Å². The molecule has 0 fully saturated rings. The summed E-state index contributed by atoms with van der Waals surface area (Å²) in [5, 5.41) is 26.6. The SMILES string of the molecule is CCN(CCO)c1cccc(C)c1.Cc1ccc(N(CCO)CCO)cc1. The summed E-state index contributed by atoms with van der Waals surface area (Å²) in [5.74, 6) is 0. The Balaban J connectivity index is 0.000000271. The lowest BCUT2D eigenvalue weighted by molar-refractivity contribution is 0.281. The monoisotopic (exact) mass is 374 g/mol. The molecule has 0 aliphatic heterocycles. The Morgan fingerprint density at radius 1 is 0.667 bits per heavy atom. The number of aryl methyl sites for hydroxylation is 2. The van der Waals surface area contributed by atoms with Gasteiger partial charge in [-0.15, -0.1) is 0 Å². The number of likely N-dealkylation sites (N-methyl/N-ethyl adjacent to an activating group) is 1. The molecule has 3 N–H and O–H groups in total. The van der Waals surface area contributed by atoms with Gasteiger partial charge in [-0.2, -0.15) is 0 Å². The Morgan fingerprint density at radius 3 is 1.70 bits per heavy atom. The lowest BCUT2D eigenvalue weighted by atomic mass is 10.2. The number of nitrogens with zero attached hydrogens (tertiary/aromatic N) is 2. The number of hydrogen-bond donors (Lipinski definition) is 3. The predicted molar refractivity (Wildman–Crippen MR) is 114 cm³/mol. The Labute approximate surface area is 163 Å². The molecule has 2 rings (SSSR count). The Hall–Kier alpha value is -2.08. The normalized spacial score (nSPS) is 10.1. The molecule has 5 heteroatoms. The molecule has 0 amide bonds. The van der Waals surface area contributed by atoms with Crippen molar-refractivity contribution < 1.29 is 15.3 Å². The van der Waals surface area contributed by atoms with Crippen LogP contribution in [0.4, 0.5) is 11.4 Å². The van der Waals surface area contributed by atoms with Crippen LogP contribution in [0.3, 0.4) is 0 Å². The van der Waals surface area contributed by atoms with Crippen LogP contribution in [0.1, 0.15) is 18.1 Å². The van der Waals surface area contributed by atoms with Crippen LogP contribution < -0.4 is 9.80 Å². The fourth-order valence-electron chi connectivity index (χ4n) is 2.78. The summed E-state index contributed by atoms with van der Waals surface area (Å²) in [4.78, 5) is 4.12. The number of anilines is 2. The molecule has 0 unspecified atom stereocenters. The molecular weight excluding hydrogens is 340 g/mol. The summed E-state index contributed by atoms with van der Waals surface area (Å²) < 4.78 is 0. The van der Waals surface area contributed by atoms with Gasteiger partial charge >= 0.3 is 0 Å². The lowest BCUT2D eigenvalue weighted by Gasteiger charge is -2.22. The molecule has 0 saturated heterocycles. The second-order valence-corrected chi connectivity index (χ2v) is 6.41. The molecule has 2 aromatic rings. The highest BCUT2D eigenvalue weighted by Crippen LogP contribution is 2.15. The van der Waals surface area contributed by atoms with Crippen LogP contribution in [0.2, 0.25) is 0 Å². The highest BCUT2D eigenvalue weighted by molar-refractivity contribution is 5.48. The Kier molecular flexibility index (Phi) is 11.2. The highest BCUT2D eigenvalue weighted by atomic mass is 16.3. The van der Waals surface area contributed by atoms with Crippen LogP contribution in [0.15, 0.2) is 48.5 Å². The maximum atomic E-state index is 8.86. The van der Waals surface area contributed by atoms with E-state index in [0.29, 0.717) is 19.6 Å². The van der Waals surface area contributed by atoms with Crippen molar-refractivity contribution in [3.05, 3.63) is 59.7 Å². The van der Waals surface area contributed by atoms with Crippen molar-refractivity contribution >= 4 is 11.4 Å². The van der Waals surface area contributed by atoms with Crippen molar-refractivity contribution in [2.45, 2.75) is 20.8 Å². The number of rotatable bonds is 9. The fraction of sp³-hybridized carbons (Fsp3) is 0.455. The molecule has 0 aliphatic rings. The van der Waals surface area contributed by atoms with Gasteiger partial charge in [0.1, 0.15) is 0 Å². The molecule has 5 nitrogen and oxygen atoms in total. The van der Waals surface area contributed by atoms with Crippen molar-refractivity contribution in [2.24, 2.45) is 0 Å². The van der Waals surface area contributed by atoms with Crippen LogP contribution in [0.5, 0.6) is 0 Å². The molecule has 0 saturated carbocycles. The van der Waals surface area contributed by atoms with Crippen LogP contribution in [-0.2, 0) is 0 Å². The van der Waals surface area contributed by atoms with Gasteiger partial charge in [-0.3, -0.25) is 0 Å². The molecule has 0 heterocycles. The largest absolute Gasteiger partial charge is 0.395 e. The first-order chi connectivity index (χ1) is 13.0. The zero-order valence-corrected chi connectivity index (χ0v) is 16.8. The van der Waals surface area contributed by atoms with Crippen molar-refractivity contribution in [2.75, 3.05) is 55.8 Å². The Morgan fingerprint density at radius 2 is 1.22 bits per heavy atom. The van der Waals surface area contributed by atoms with E-state index in [-0.39, 0.29) is 19.8 Å². The minimum Gasteiger partial charge on any atom is -0.395 e. The predicted octanol–water partition coefficient (Wildman–Crippen LogP) is 2.60. The van der Waals surface area contributed by atoms with Gasteiger partial charge in [-0.05, 0) is 50.6 Å². The average Bonchev–Trinajstić information content (AvgIpc) is 2.67. The van der Waals surface area contributed by atoms with E-state index >= 15 is 0 Å². The maximum Gasteiger partial charge on any atom is 0.0606 e. The summed E-state index contributed by atoms with van der Waals surface area (Å²) in [6, 6.07) is 16.4. The molecule has 0 atom stereocenters. The van der Waals surface area contributed by atoms with Gasteiger partial charge in [0.25, 0.3) is 0 Å². The van der Waals surface area contributed by atoms with Gasteiger partial charge in [0.05, 0.1) is 19.8 Å². The summed E-state index contributed by atoms with van der Waals surface area (Å²) >= 11 is 0. The molecule has 2 aromatic carbocycles. The third-order valence-electron chi connectivity index (χ3n) is 4.26. The molecule has 0 bridgehead atoms. The number of benzene rings is 2. The van der Waals surface area contributed by atoms with Gasteiger partial charge in [0.15, 0.2) is 0 Å². The third-order valence-corrected chi connectivity index (χ3v) is 4.26. The second kappa shape index (κ2) is 13.1. The van der Waals surface area contributed by atoms with Crippen molar-refractivity contribution in [1.82, 2.24) is 0 Å². The van der Waals surface area contributed by atoms with E-state index < -0.39 is 0 Å². The minimum absolute atomic E-state index is 0.105. The van der Waals surface area contributed by atoms with E-state index in [0.717, 1.165) is 12.2 Å². The van der Waals surface area contributed by atoms with Crippen molar-refractivity contribution in [3.8, 4) is 0 Å². The first-order valence-corrected chi connectivity index (χ1v) is 9.51. The maximum absolute atomic E-state index is 8.86. The summed E-state index contributed by atoms with van der Waals surface area (Å²) in [6.07, 6.45) is 0. The second-order valence-electron chi connectivity index (χ2n) is 6.41. The van der Waals surface area contributed by atoms with E-state index in [2.05, 4.69) is 36.9 Å². The smallest absolute Gasteiger partial charge is 0.0606 e. The van der Waals surface area contributed by atoms with Gasteiger partial charge in [0, 0.05) is 37.6 Å². The molecule has 150 valence electrons. The van der Waals surface area contributed by atoms with E-state index in [1.165, 1.54) is 16.8 Å². The number of hydrogen-bond acceptors (Lipinski definition) is 5. The van der Waals surface area contributed by atoms with Gasteiger partial charge in [-0.1, -0.05) is 29.8 Å². The summed E-state index contributed by atoms with van der Waals surface area (Å²) in [5.41, 5.74) is 4.70. The topological polar surface area (TPSA) is 67.2 Å². The van der Waals surface area contributed by atoms with E-state index in [1.54, 1.807) is 0 Å². The standard InChI is InChI=1S/C11H17NO2.C11H17NO/c1-10-2-4-11(5-3-10)12(6-8-13)7-9-14;1-3-12(7-8-13)11-6-4-5-10(2)9-11/h2-5,13-14H,6-9H2,1H3;4-6,9,13H,3,7-8H2,1-2H3. The molecule has 27 heavy (non-hydrogen) atoms. The lowest BCUT2D eigenvalue weighted by Crippen LogP contribution is -2.29. The van der Waals surface area contributed by atoms with Gasteiger partial charge < -0.3 is 25.1 Å². The van der Waals surface area contributed by atoms with Crippen molar-refractivity contribution in [1.29, 1.82) is 0 Å². The fourth-order valence-corrected chi connectivity index (χ4v) is 2.78. The molecule has 0 radical (unpaired) electrons. The molecule has 0 spiro atoms. The highest BCUT2D eigenvalue weighted by Gasteiger charge is 2.04. The average molecular weight is 375 g/mol. The van der Waals surface area contributed by atoms with E-state index in [4.69, 9.17) is 15.3 Å². The minimum atomic E-state index is 0.105. The Bertz CT molecular complexity index is 626. The summed E-state index contributed by atoms with van der Waals surface area (Å²) in [7, 11) is 0. The van der Waals surface area contributed by atoms with Crippen LogP contribution in [0.25, 0.3) is 0 Å². The zero-order chi connectivity index (χ0) is 20.1. The van der Waals surface area contributed by atoms with Crippen LogP contribution in [0, 0.1) is 13.8 Å². The molecular formula is C22H34N2O3. The third kappa shape index (κ3) is 8.43. The molecule has 0 aliphatic carbocycles. The van der Waals surface area contributed by atoms with E-state index in [1.807, 2.05) is 42.2 Å². The zero-order valence-electron chi connectivity index (χ0n) is 16.8. The first-order valence-electron chi connectivity index (χ1n) is 9.51.